The molecule has 1 atom stereocenters. The Morgan fingerprint density at radius 2 is 1.88 bits per heavy atom. The van der Waals surface area contributed by atoms with Gasteiger partial charge >= 0.3 is 0 Å². The average molecular weight is 470 g/mol. The number of ether oxygens (including phenoxy) is 2. The molecule has 0 saturated heterocycles. The Bertz CT molecular complexity index is 1180. The third-order valence-corrected chi connectivity index (χ3v) is 6.35. The van der Waals surface area contributed by atoms with E-state index in [4.69, 9.17) is 9.47 Å². The molecule has 1 aromatic heterocycles. The van der Waals surface area contributed by atoms with Gasteiger partial charge < -0.3 is 14.8 Å². The smallest absolute Gasteiger partial charge is 0.262 e. The van der Waals surface area contributed by atoms with Crippen LogP contribution < -0.4 is 20.3 Å². The van der Waals surface area contributed by atoms with Crippen LogP contribution >= 0.6 is 11.8 Å². The molecular weight excluding hydrogens is 438 g/mol. The Morgan fingerprint density at radius 3 is 2.58 bits per heavy atom. The van der Waals surface area contributed by atoms with Crippen LogP contribution in [0.15, 0.2) is 52.4 Å². The molecule has 3 rings (SSSR count). The molecule has 0 aliphatic carbocycles. The number of thioether (sulfide) groups is 1. The lowest BCUT2D eigenvalue weighted by Gasteiger charge is -2.18. The number of carbonyl (C=O) groups excluding carboxylic acids is 1. The summed E-state index contributed by atoms with van der Waals surface area (Å²) in [7, 11) is 3.19. The van der Waals surface area contributed by atoms with E-state index < -0.39 is 0 Å². The molecule has 2 aromatic carbocycles. The van der Waals surface area contributed by atoms with Gasteiger partial charge in [0.1, 0.15) is 11.5 Å². The van der Waals surface area contributed by atoms with Gasteiger partial charge in [0.05, 0.1) is 36.9 Å². The number of benzene rings is 2. The largest absolute Gasteiger partial charge is 0.497 e. The molecule has 0 fully saturated rings. The number of aromatic nitrogens is 2. The maximum Gasteiger partial charge on any atom is 0.262 e. The lowest BCUT2D eigenvalue weighted by atomic mass is 10.1. The number of rotatable bonds is 10. The first-order chi connectivity index (χ1) is 15.8. The lowest BCUT2D eigenvalue weighted by Crippen LogP contribution is -2.29. The van der Waals surface area contributed by atoms with E-state index in [-0.39, 0.29) is 23.3 Å². The van der Waals surface area contributed by atoms with Crippen LogP contribution in [0.25, 0.3) is 10.9 Å². The number of para-hydroxylation sites is 1. The van der Waals surface area contributed by atoms with Crippen LogP contribution in [0.1, 0.15) is 38.8 Å². The van der Waals surface area contributed by atoms with E-state index in [0.717, 1.165) is 12.0 Å². The average Bonchev–Trinajstić information content (AvgIpc) is 2.81. The van der Waals surface area contributed by atoms with Gasteiger partial charge in [-0.05, 0) is 49.6 Å². The Kier molecular flexibility index (Phi) is 8.38. The maximum absolute atomic E-state index is 13.1. The molecule has 176 valence electrons. The molecule has 1 amide bonds. The normalized spacial score (nSPS) is 12.1. The molecule has 0 bridgehead atoms. The summed E-state index contributed by atoms with van der Waals surface area (Å²) >= 11 is 1.27. The molecular formula is C25H31N3O4S. The fourth-order valence-corrected chi connectivity index (χ4v) is 4.35. The first-order valence-corrected chi connectivity index (χ1v) is 12.0. The van der Waals surface area contributed by atoms with Gasteiger partial charge in [0, 0.05) is 12.1 Å². The molecule has 7 nitrogen and oxygen atoms in total. The lowest BCUT2D eigenvalue weighted by molar-refractivity contribution is -0.119. The SMILES string of the molecule is COc1ccc(OC)c([C@H](C)NC(=O)CSc2nc3ccccc3c(=O)n2CCC(C)C)c1. The second-order valence-corrected chi connectivity index (χ2v) is 9.18. The highest BCUT2D eigenvalue weighted by Crippen LogP contribution is 2.29. The summed E-state index contributed by atoms with van der Waals surface area (Å²) in [5.41, 5.74) is 1.40. The Hall–Kier alpha value is -3.00. The van der Waals surface area contributed by atoms with E-state index >= 15 is 0 Å². The Labute approximate surface area is 198 Å². The van der Waals surface area contributed by atoms with E-state index in [1.807, 2.05) is 43.3 Å². The quantitative estimate of drug-likeness (QED) is 0.349. The highest BCUT2D eigenvalue weighted by molar-refractivity contribution is 7.99. The van der Waals surface area contributed by atoms with Crippen molar-refractivity contribution in [1.29, 1.82) is 0 Å². The van der Waals surface area contributed by atoms with Crippen molar-refractivity contribution >= 4 is 28.6 Å². The second kappa shape index (κ2) is 11.2. The molecule has 1 heterocycles. The summed E-state index contributed by atoms with van der Waals surface area (Å²) in [6.45, 7) is 6.70. The predicted molar refractivity (Wildman–Crippen MR) is 132 cm³/mol. The van der Waals surface area contributed by atoms with E-state index in [2.05, 4.69) is 24.1 Å². The zero-order chi connectivity index (χ0) is 24.0. The van der Waals surface area contributed by atoms with Crippen LogP contribution in [0, 0.1) is 5.92 Å². The zero-order valence-electron chi connectivity index (χ0n) is 19.8. The van der Waals surface area contributed by atoms with Crippen LogP contribution in [-0.4, -0.2) is 35.4 Å². The standard InChI is InChI=1S/C25H31N3O4S/c1-16(2)12-13-28-24(30)19-8-6-7-9-21(19)27-25(28)33-15-23(29)26-17(3)20-14-18(31-4)10-11-22(20)32-5/h6-11,14,16-17H,12-13,15H2,1-5H3,(H,26,29)/t17-/m0/s1. The molecule has 0 aliphatic heterocycles. The number of carbonyl (C=O) groups is 1. The van der Waals surface area contributed by atoms with Crippen molar-refractivity contribution in [2.45, 2.75) is 44.9 Å². The van der Waals surface area contributed by atoms with Crippen LogP contribution in [0.3, 0.4) is 0 Å². The van der Waals surface area contributed by atoms with Gasteiger partial charge in [-0.2, -0.15) is 0 Å². The Balaban J connectivity index is 1.77. The monoisotopic (exact) mass is 469 g/mol. The third-order valence-electron chi connectivity index (χ3n) is 5.37. The van der Waals surface area contributed by atoms with Crippen molar-refractivity contribution in [3.63, 3.8) is 0 Å². The molecule has 8 heteroatoms. The predicted octanol–water partition coefficient (Wildman–Crippen LogP) is 4.43. The van der Waals surface area contributed by atoms with Gasteiger partial charge in [0.15, 0.2) is 5.16 Å². The molecule has 0 aliphatic rings. The molecule has 0 unspecified atom stereocenters. The third kappa shape index (κ3) is 6.07. The molecule has 3 aromatic rings. The van der Waals surface area contributed by atoms with E-state index in [0.29, 0.717) is 40.0 Å². The van der Waals surface area contributed by atoms with Crippen molar-refractivity contribution in [2.75, 3.05) is 20.0 Å². The summed E-state index contributed by atoms with van der Waals surface area (Å²) in [5, 5.41) is 4.15. The summed E-state index contributed by atoms with van der Waals surface area (Å²) < 4.78 is 12.4. The zero-order valence-corrected chi connectivity index (χ0v) is 20.6. The number of hydrogen-bond acceptors (Lipinski definition) is 6. The van der Waals surface area contributed by atoms with Gasteiger partial charge in [-0.25, -0.2) is 4.98 Å². The van der Waals surface area contributed by atoms with Crippen molar-refractivity contribution in [3.8, 4) is 11.5 Å². The topological polar surface area (TPSA) is 82.5 Å². The number of amides is 1. The van der Waals surface area contributed by atoms with Gasteiger partial charge in [-0.1, -0.05) is 37.7 Å². The number of fused-ring (bicyclic) bond motifs is 1. The number of hydrogen-bond donors (Lipinski definition) is 1. The molecule has 0 radical (unpaired) electrons. The fourth-order valence-electron chi connectivity index (χ4n) is 3.51. The summed E-state index contributed by atoms with van der Waals surface area (Å²) in [4.78, 5) is 30.5. The first kappa shape index (κ1) is 24.6. The van der Waals surface area contributed by atoms with E-state index in [1.165, 1.54) is 11.8 Å². The summed E-state index contributed by atoms with van der Waals surface area (Å²) in [5.74, 6) is 1.80. The Morgan fingerprint density at radius 1 is 1.12 bits per heavy atom. The van der Waals surface area contributed by atoms with Crippen molar-refractivity contribution in [1.82, 2.24) is 14.9 Å². The number of nitrogens with zero attached hydrogens (tertiary/aromatic N) is 2. The van der Waals surface area contributed by atoms with Gasteiger partial charge in [0.2, 0.25) is 5.91 Å². The molecule has 33 heavy (non-hydrogen) atoms. The van der Waals surface area contributed by atoms with Crippen molar-refractivity contribution in [2.24, 2.45) is 5.92 Å². The number of nitrogens with one attached hydrogen (secondary N) is 1. The highest BCUT2D eigenvalue weighted by Gasteiger charge is 2.17. The highest BCUT2D eigenvalue weighted by atomic mass is 32.2. The summed E-state index contributed by atoms with van der Waals surface area (Å²) in [6, 6.07) is 12.5. The minimum absolute atomic E-state index is 0.0707. The second-order valence-electron chi connectivity index (χ2n) is 8.24. The maximum atomic E-state index is 13.1. The van der Waals surface area contributed by atoms with Crippen LogP contribution in [-0.2, 0) is 11.3 Å². The minimum atomic E-state index is -0.282. The molecule has 1 N–H and O–H groups in total. The minimum Gasteiger partial charge on any atom is -0.497 e. The van der Waals surface area contributed by atoms with Gasteiger partial charge in [-0.15, -0.1) is 0 Å². The van der Waals surface area contributed by atoms with Crippen molar-refractivity contribution in [3.05, 3.63) is 58.4 Å². The fraction of sp³-hybridized carbons (Fsp3) is 0.400. The van der Waals surface area contributed by atoms with Crippen LogP contribution in [0.2, 0.25) is 0 Å². The first-order valence-electron chi connectivity index (χ1n) is 11.0. The summed E-state index contributed by atoms with van der Waals surface area (Å²) in [6.07, 6.45) is 0.854. The molecule has 0 saturated carbocycles. The van der Waals surface area contributed by atoms with Crippen molar-refractivity contribution < 1.29 is 14.3 Å². The van der Waals surface area contributed by atoms with Gasteiger partial charge in [0.25, 0.3) is 5.56 Å². The van der Waals surface area contributed by atoms with E-state index in [9.17, 15) is 9.59 Å². The number of methoxy groups -OCH3 is 2. The van der Waals surface area contributed by atoms with Gasteiger partial charge in [-0.3, -0.25) is 14.2 Å². The van der Waals surface area contributed by atoms with E-state index in [1.54, 1.807) is 24.9 Å². The molecule has 0 spiro atoms. The van der Waals surface area contributed by atoms with Crippen LogP contribution in [0.5, 0.6) is 11.5 Å². The van der Waals surface area contributed by atoms with Crippen LogP contribution in [0.4, 0.5) is 0 Å².